The molecule has 1 aliphatic heterocycles. The summed E-state index contributed by atoms with van der Waals surface area (Å²) in [6.07, 6.45) is -2.81. The second-order valence-corrected chi connectivity index (χ2v) is 6.06. The molecule has 4 nitrogen and oxygen atoms in total. The molecule has 2 rings (SSSR count). The molecule has 2 N–H and O–H groups in total. The molecule has 7 heteroatoms. The quantitative estimate of drug-likeness (QED) is 0.796. The average Bonchev–Trinajstić information content (AvgIpc) is 2.55. The lowest BCUT2D eigenvalue weighted by Gasteiger charge is -2.35. The van der Waals surface area contributed by atoms with Crippen molar-refractivity contribution in [2.75, 3.05) is 39.5 Å². The van der Waals surface area contributed by atoms with Gasteiger partial charge in [0.15, 0.2) is 0 Å². The Bertz CT molecular complexity index is 487. The van der Waals surface area contributed by atoms with Crippen LogP contribution in [-0.4, -0.2) is 54.6 Å². The van der Waals surface area contributed by atoms with Gasteiger partial charge in [0.2, 0.25) is 0 Å². The van der Waals surface area contributed by atoms with Crippen molar-refractivity contribution in [3.05, 3.63) is 35.4 Å². The molecule has 1 aromatic rings. The fourth-order valence-corrected chi connectivity index (χ4v) is 3.17. The summed E-state index contributed by atoms with van der Waals surface area (Å²) in [5, 5.41) is 18.2. The minimum atomic E-state index is -4.34. The summed E-state index contributed by atoms with van der Waals surface area (Å²) in [7, 11) is 0. The van der Waals surface area contributed by atoms with E-state index in [4.69, 9.17) is 14.9 Å². The molecule has 0 aliphatic carbocycles. The van der Waals surface area contributed by atoms with Crippen molar-refractivity contribution in [3.8, 4) is 0 Å². The first-order valence-corrected chi connectivity index (χ1v) is 8.18. The molecule has 24 heavy (non-hydrogen) atoms. The summed E-state index contributed by atoms with van der Waals surface area (Å²) >= 11 is 0. The van der Waals surface area contributed by atoms with Crippen LogP contribution in [0.3, 0.4) is 0 Å². The van der Waals surface area contributed by atoms with Crippen molar-refractivity contribution in [1.82, 2.24) is 4.90 Å². The molecular formula is C17H24F3NO3. The van der Waals surface area contributed by atoms with E-state index in [9.17, 15) is 13.2 Å². The van der Waals surface area contributed by atoms with E-state index in [1.54, 1.807) is 0 Å². The Morgan fingerprint density at radius 1 is 1.08 bits per heavy atom. The van der Waals surface area contributed by atoms with Crippen molar-refractivity contribution in [2.24, 2.45) is 5.92 Å². The van der Waals surface area contributed by atoms with Crippen LogP contribution in [0, 0.1) is 5.92 Å². The van der Waals surface area contributed by atoms with Gasteiger partial charge in [0.05, 0.1) is 24.9 Å². The van der Waals surface area contributed by atoms with Gasteiger partial charge in [0, 0.05) is 32.2 Å². The second-order valence-electron chi connectivity index (χ2n) is 6.06. The number of aliphatic hydroxyl groups excluding tert-OH is 2. The predicted molar refractivity (Wildman–Crippen MR) is 83.5 cm³/mol. The highest BCUT2D eigenvalue weighted by molar-refractivity contribution is 5.26. The summed E-state index contributed by atoms with van der Waals surface area (Å²) in [6, 6.07) is 5.13. The van der Waals surface area contributed by atoms with Gasteiger partial charge in [-0.25, -0.2) is 0 Å². The second kappa shape index (κ2) is 8.80. The largest absolute Gasteiger partial charge is 0.416 e. The molecule has 0 unspecified atom stereocenters. The van der Waals surface area contributed by atoms with Crippen molar-refractivity contribution in [3.63, 3.8) is 0 Å². The average molecular weight is 347 g/mol. The van der Waals surface area contributed by atoms with Gasteiger partial charge in [0.25, 0.3) is 0 Å². The molecule has 1 saturated heterocycles. The van der Waals surface area contributed by atoms with Gasteiger partial charge in [-0.2, -0.15) is 13.2 Å². The van der Waals surface area contributed by atoms with Gasteiger partial charge < -0.3 is 14.9 Å². The van der Waals surface area contributed by atoms with E-state index in [2.05, 4.69) is 0 Å². The number of halogens is 3. The number of hydrogen-bond donors (Lipinski definition) is 2. The third-order valence-corrected chi connectivity index (χ3v) is 4.34. The molecule has 0 aromatic heterocycles. The van der Waals surface area contributed by atoms with Gasteiger partial charge in [0.1, 0.15) is 0 Å². The van der Waals surface area contributed by atoms with E-state index in [1.165, 1.54) is 12.1 Å². The fourth-order valence-electron chi connectivity index (χ4n) is 3.17. The number of aliphatic hydroxyl groups is 2. The van der Waals surface area contributed by atoms with Crippen molar-refractivity contribution in [2.45, 2.75) is 25.1 Å². The van der Waals surface area contributed by atoms with Crippen LogP contribution in [0.15, 0.2) is 24.3 Å². The van der Waals surface area contributed by atoms with Gasteiger partial charge >= 0.3 is 6.18 Å². The Morgan fingerprint density at radius 3 is 2.25 bits per heavy atom. The monoisotopic (exact) mass is 347 g/mol. The lowest BCUT2D eigenvalue weighted by atomic mass is 9.88. The number of benzene rings is 1. The molecule has 1 aromatic carbocycles. The lowest BCUT2D eigenvalue weighted by molar-refractivity contribution is -0.137. The molecule has 1 heterocycles. The number of rotatable bonds is 7. The van der Waals surface area contributed by atoms with Gasteiger partial charge in [-0.1, -0.05) is 12.1 Å². The number of alkyl halides is 3. The van der Waals surface area contributed by atoms with E-state index in [1.807, 2.05) is 4.90 Å². The zero-order valence-corrected chi connectivity index (χ0v) is 13.5. The molecule has 1 fully saturated rings. The maximum Gasteiger partial charge on any atom is 0.416 e. The van der Waals surface area contributed by atoms with E-state index in [0.29, 0.717) is 26.2 Å². The van der Waals surface area contributed by atoms with Gasteiger partial charge in [-0.3, -0.25) is 4.90 Å². The molecule has 0 amide bonds. The molecule has 0 bridgehead atoms. The van der Waals surface area contributed by atoms with Gasteiger partial charge in [-0.15, -0.1) is 0 Å². The predicted octanol–water partition coefficient (Wildman–Crippen LogP) is 2.46. The Balaban J connectivity index is 2.10. The zero-order valence-electron chi connectivity index (χ0n) is 13.5. The van der Waals surface area contributed by atoms with Crippen molar-refractivity contribution >= 4 is 0 Å². The van der Waals surface area contributed by atoms with E-state index in [-0.39, 0.29) is 25.2 Å². The molecule has 136 valence electrons. The fraction of sp³-hybridized carbons (Fsp3) is 0.647. The summed E-state index contributed by atoms with van der Waals surface area (Å²) in [6.45, 7) is 2.12. The number of ether oxygens (including phenoxy) is 1. The summed E-state index contributed by atoms with van der Waals surface area (Å²) in [5.41, 5.74) is 0.0708. The minimum absolute atomic E-state index is 0.00146. The van der Waals surface area contributed by atoms with Crippen LogP contribution in [0.1, 0.15) is 30.1 Å². The molecule has 0 radical (unpaired) electrons. The Morgan fingerprint density at radius 2 is 1.71 bits per heavy atom. The van der Waals surface area contributed by atoms with Crippen LogP contribution in [0.2, 0.25) is 0 Å². The third-order valence-electron chi connectivity index (χ3n) is 4.34. The Kier molecular flexibility index (Phi) is 7.03. The molecule has 2 atom stereocenters. The highest BCUT2D eigenvalue weighted by Crippen LogP contribution is 2.36. The summed E-state index contributed by atoms with van der Waals surface area (Å²) in [5.74, 6) is 0.119. The molecule has 0 spiro atoms. The van der Waals surface area contributed by atoms with E-state index < -0.39 is 11.7 Å². The van der Waals surface area contributed by atoms with Crippen molar-refractivity contribution in [1.29, 1.82) is 0 Å². The number of hydrogen-bond acceptors (Lipinski definition) is 4. The standard InChI is InChI=1S/C17H24F3NO3/c18-17(19,20)15-5-3-13(4-6-15)16-14(2-1-11-24-16)12-21(7-9-22)8-10-23/h3-6,14,16,22-23H,1-2,7-12H2/t14-,16-/m0/s1. The molecule has 1 aliphatic rings. The smallest absolute Gasteiger partial charge is 0.395 e. The zero-order chi connectivity index (χ0) is 17.6. The first-order valence-electron chi connectivity index (χ1n) is 8.18. The highest BCUT2D eigenvalue weighted by atomic mass is 19.4. The van der Waals surface area contributed by atoms with Crippen LogP contribution in [0.5, 0.6) is 0 Å². The Labute approximate surface area is 139 Å². The minimum Gasteiger partial charge on any atom is -0.395 e. The van der Waals surface area contributed by atoms with E-state index >= 15 is 0 Å². The van der Waals surface area contributed by atoms with Gasteiger partial charge in [-0.05, 0) is 30.5 Å². The maximum atomic E-state index is 12.7. The maximum absolute atomic E-state index is 12.7. The first-order chi connectivity index (χ1) is 11.5. The van der Waals surface area contributed by atoms with Crippen LogP contribution >= 0.6 is 0 Å². The highest BCUT2D eigenvalue weighted by Gasteiger charge is 2.32. The van der Waals surface area contributed by atoms with Crippen LogP contribution < -0.4 is 0 Å². The lowest BCUT2D eigenvalue weighted by Crippen LogP contribution is -2.38. The number of nitrogens with zero attached hydrogens (tertiary/aromatic N) is 1. The first kappa shape index (κ1) is 19.2. The Hall–Kier alpha value is -1.15. The normalized spacial score (nSPS) is 22.1. The van der Waals surface area contributed by atoms with Crippen LogP contribution in [0.25, 0.3) is 0 Å². The topological polar surface area (TPSA) is 52.9 Å². The molecular weight excluding hydrogens is 323 g/mol. The third kappa shape index (κ3) is 5.17. The van der Waals surface area contributed by atoms with Crippen molar-refractivity contribution < 1.29 is 28.1 Å². The van der Waals surface area contributed by atoms with E-state index in [0.717, 1.165) is 30.5 Å². The van der Waals surface area contributed by atoms with Crippen LogP contribution in [-0.2, 0) is 10.9 Å². The summed E-state index contributed by atoms with van der Waals surface area (Å²) < 4.78 is 43.9. The SMILES string of the molecule is OCCN(CCO)C[C@@H]1CCCO[C@H]1c1ccc(C(F)(F)F)cc1. The molecule has 0 saturated carbocycles. The van der Waals surface area contributed by atoms with Crippen LogP contribution in [0.4, 0.5) is 13.2 Å². The summed E-state index contributed by atoms with van der Waals surface area (Å²) in [4.78, 5) is 1.95.